The quantitative estimate of drug-likeness (QED) is 0.381. The first kappa shape index (κ1) is 24.0. The van der Waals surface area contributed by atoms with Gasteiger partial charge in [-0.3, -0.25) is 0 Å². The molecular weight excluding hydrogens is 450 g/mol. The predicted molar refractivity (Wildman–Crippen MR) is 134 cm³/mol. The minimum atomic E-state index is -3.49. The van der Waals surface area contributed by atoms with Crippen molar-refractivity contribution in [1.29, 1.82) is 0 Å². The molecule has 2 N–H and O–H groups in total. The van der Waals surface area contributed by atoms with Gasteiger partial charge >= 0.3 is 0 Å². The van der Waals surface area contributed by atoms with E-state index < -0.39 is 10.0 Å². The number of hydrogen-bond acceptors (Lipinski definition) is 7. The van der Waals surface area contributed by atoms with Crippen LogP contribution in [0, 0.1) is 5.92 Å². The highest BCUT2D eigenvalue weighted by Gasteiger charge is 2.24. The van der Waals surface area contributed by atoms with E-state index >= 15 is 0 Å². The molecule has 2 heterocycles. The Morgan fingerprint density at radius 2 is 2.03 bits per heavy atom. The molecule has 0 amide bonds. The third kappa shape index (κ3) is 5.84. The van der Waals surface area contributed by atoms with E-state index in [1.807, 2.05) is 12.1 Å². The van der Waals surface area contributed by atoms with Crippen molar-refractivity contribution in [2.45, 2.75) is 37.5 Å². The van der Waals surface area contributed by atoms with Crippen LogP contribution in [0.2, 0.25) is 0 Å². The maximum Gasteiger partial charge on any atom is 0.240 e. The van der Waals surface area contributed by atoms with Gasteiger partial charge in [0.05, 0.1) is 12.0 Å². The Morgan fingerprint density at radius 3 is 2.71 bits per heavy atom. The van der Waals surface area contributed by atoms with E-state index in [2.05, 4.69) is 38.4 Å². The topological polar surface area (TPSA) is 96.5 Å². The first-order chi connectivity index (χ1) is 16.4. The molecule has 0 radical (unpaired) electrons. The van der Waals surface area contributed by atoms with Gasteiger partial charge in [-0.25, -0.2) is 18.1 Å². The number of anilines is 3. The number of methoxy groups -OCH3 is 1. The second-order valence-electron chi connectivity index (χ2n) is 8.50. The van der Waals surface area contributed by atoms with Gasteiger partial charge in [-0.1, -0.05) is 6.58 Å². The van der Waals surface area contributed by atoms with Crippen molar-refractivity contribution in [3.8, 4) is 0 Å². The molecule has 0 unspecified atom stereocenters. The number of sulfonamides is 1. The van der Waals surface area contributed by atoms with Crippen LogP contribution in [0.5, 0.6) is 0 Å². The summed E-state index contributed by atoms with van der Waals surface area (Å²) < 4.78 is 32.9. The second kappa shape index (κ2) is 10.4. The zero-order valence-electron chi connectivity index (χ0n) is 19.6. The van der Waals surface area contributed by atoms with Gasteiger partial charge in [0, 0.05) is 30.7 Å². The number of benzene rings is 1. The summed E-state index contributed by atoms with van der Waals surface area (Å²) in [5.41, 5.74) is 3.01. The van der Waals surface area contributed by atoms with Crippen molar-refractivity contribution in [2.24, 2.45) is 5.92 Å². The number of allylic oxidation sites excluding steroid dienone is 4. The number of aromatic nitrogens is 2. The van der Waals surface area contributed by atoms with E-state index in [-0.39, 0.29) is 4.90 Å². The molecule has 2 aliphatic rings. The van der Waals surface area contributed by atoms with E-state index in [4.69, 9.17) is 4.74 Å². The van der Waals surface area contributed by atoms with Crippen LogP contribution in [-0.2, 0) is 14.8 Å². The molecule has 4 rings (SSSR count). The minimum Gasteiger partial charge on any atom is -0.497 e. The lowest BCUT2D eigenvalue weighted by Gasteiger charge is -2.30. The number of hydrogen-bond donors (Lipinski definition) is 2. The van der Waals surface area contributed by atoms with Crippen LogP contribution in [0.25, 0.3) is 0 Å². The van der Waals surface area contributed by atoms with Crippen LogP contribution in [0.1, 0.15) is 32.6 Å². The smallest absolute Gasteiger partial charge is 0.240 e. The molecule has 1 aromatic heterocycles. The standard InChI is InChI=1S/C25H31N5O3S/c1-4-22(33-3)16-20-6-5-15-30(18(20)2)24-13-14-26-25(29-24)28-21-9-11-23(12-10-21)34(31,32)27-17-19-7-8-19/h4,9-14,16,19,27H,1,5-8,15,17H2,2-3H3,(H,26,28,29). The van der Waals surface area contributed by atoms with Crippen LogP contribution in [0.3, 0.4) is 0 Å². The maximum atomic E-state index is 12.4. The zero-order valence-corrected chi connectivity index (χ0v) is 20.4. The van der Waals surface area contributed by atoms with E-state index in [9.17, 15) is 8.42 Å². The molecular formula is C25H31N5O3S. The van der Waals surface area contributed by atoms with Gasteiger partial charge in [0.15, 0.2) is 0 Å². The normalized spacial score (nSPS) is 17.0. The summed E-state index contributed by atoms with van der Waals surface area (Å²) in [5, 5.41) is 3.17. The van der Waals surface area contributed by atoms with Gasteiger partial charge in [-0.2, -0.15) is 4.98 Å². The maximum absolute atomic E-state index is 12.4. The molecule has 1 aromatic carbocycles. The summed E-state index contributed by atoms with van der Waals surface area (Å²) >= 11 is 0. The van der Waals surface area contributed by atoms with Gasteiger partial charge in [0.2, 0.25) is 16.0 Å². The third-order valence-corrected chi connectivity index (χ3v) is 7.49. The molecule has 2 aromatic rings. The number of ether oxygens (including phenoxy) is 1. The SMILES string of the molecule is C=CC(=CC1=C(C)N(c2ccnc(Nc3ccc(S(=O)(=O)NCC4CC4)cc3)n2)CCC1)OC. The first-order valence-electron chi connectivity index (χ1n) is 11.4. The van der Waals surface area contributed by atoms with E-state index in [1.54, 1.807) is 43.6 Å². The Labute approximate surface area is 201 Å². The Balaban J connectivity index is 1.48. The van der Waals surface area contributed by atoms with E-state index in [0.717, 1.165) is 49.5 Å². The van der Waals surface area contributed by atoms with Crippen molar-refractivity contribution in [3.63, 3.8) is 0 Å². The Hall–Kier alpha value is -3.17. The molecule has 1 aliphatic carbocycles. The molecule has 1 fully saturated rings. The van der Waals surface area contributed by atoms with Crippen LogP contribution in [0.4, 0.5) is 17.5 Å². The fourth-order valence-corrected chi connectivity index (χ4v) is 4.94. The lowest BCUT2D eigenvalue weighted by atomic mass is 10.0. The largest absolute Gasteiger partial charge is 0.497 e. The van der Waals surface area contributed by atoms with E-state index in [1.165, 1.54) is 5.57 Å². The van der Waals surface area contributed by atoms with Crippen LogP contribution in [0.15, 0.2) is 77.2 Å². The Morgan fingerprint density at radius 1 is 1.26 bits per heavy atom. The molecule has 8 nitrogen and oxygen atoms in total. The van der Waals surface area contributed by atoms with Crippen LogP contribution in [-0.4, -0.2) is 38.6 Å². The zero-order chi connectivity index (χ0) is 24.1. The summed E-state index contributed by atoms with van der Waals surface area (Å²) in [4.78, 5) is 11.4. The monoisotopic (exact) mass is 481 g/mol. The third-order valence-electron chi connectivity index (χ3n) is 6.05. The van der Waals surface area contributed by atoms with Crippen molar-refractivity contribution in [1.82, 2.24) is 14.7 Å². The van der Waals surface area contributed by atoms with Crippen molar-refractivity contribution in [2.75, 3.05) is 30.4 Å². The predicted octanol–water partition coefficient (Wildman–Crippen LogP) is 4.50. The van der Waals surface area contributed by atoms with Gasteiger partial charge < -0.3 is 15.0 Å². The first-order valence-corrected chi connectivity index (χ1v) is 12.9. The highest BCUT2D eigenvalue weighted by atomic mass is 32.2. The molecule has 0 spiro atoms. The molecule has 9 heteroatoms. The molecule has 180 valence electrons. The van der Waals surface area contributed by atoms with Gasteiger partial charge in [0.1, 0.15) is 11.6 Å². The van der Waals surface area contributed by atoms with Crippen LogP contribution < -0.4 is 14.9 Å². The molecule has 0 saturated heterocycles. The average Bonchev–Trinajstić information content (AvgIpc) is 3.67. The molecule has 0 atom stereocenters. The molecule has 1 aliphatic heterocycles. The average molecular weight is 482 g/mol. The summed E-state index contributed by atoms with van der Waals surface area (Å²) in [6.45, 7) is 7.23. The number of rotatable bonds is 10. The van der Waals surface area contributed by atoms with Gasteiger partial charge in [-0.15, -0.1) is 0 Å². The fourth-order valence-electron chi connectivity index (χ4n) is 3.82. The van der Waals surface area contributed by atoms with Gasteiger partial charge in [-0.05, 0) is 86.6 Å². The number of nitrogens with one attached hydrogen (secondary N) is 2. The summed E-state index contributed by atoms with van der Waals surface area (Å²) in [6, 6.07) is 8.50. The summed E-state index contributed by atoms with van der Waals surface area (Å²) in [7, 11) is -1.85. The Bertz CT molecular complexity index is 1200. The number of nitrogens with zero attached hydrogens (tertiary/aromatic N) is 3. The molecule has 34 heavy (non-hydrogen) atoms. The molecule has 0 bridgehead atoms. The fraction of sp³-hybridized carbons (Fsp3) is 0.360. The van der Waals surface area contributed by atoms with Gasteiger partial charge in [0.25, 0.3) is 0 Å². The van der Waals surface area contributed by atoms with E-state index in [0.29, 0.717) is 24.1 Å². The summed E-state index contributed by atoms with van der Waals surface area (Å²) in [6.07, 6.45) is 9.58. The lowest BCUT2D eigenvalue weighted by molar-refractivity contribution is 0.306. The second-order valence-corrected chi connectivity index (χ2v) is 10.3. The lowest BCUT2D eigenvalue weighted by Crippen LogP contribution is -2.28. The van der Waals surface area contributed by atoms with Crippen molar-refractivity contribution >= 4 is 27.5 Å². The van der Waals surface area contributed by atoms with Crippen LogP contribution >= 0.6 is 0 Å². The molecule has 1 saturated carbocycles. The highest BCUT2D eigenvalue weighted by molar-refractivity contribution is 7.89. The Kier molecular flexibility index (Phi) is 7.33. The summed E-state index contributed by atoms with van der Waals surface area (Å²) in [5.74, 6) is 2.45. The van der Waals surface area contributed by atoms with Crippen molar-refractivity contribution in [3.05, 3.63) is 72.3 Å². The van der Waals surface area contributed by atoms with Crippen molar-refractivity contribution < 1.29 is 13.2 Å². The minimum absolute atomic E-state index is 0.248. The highest BCUT2D eigenvalue weighted by Crippen LogP contribution is 2.30.